The van der Waals surface area contributed by atoms with Crippen LogP contribution in [0.5, 0.6) is 0 Å². The number of halogens is 1. The lowest BCUT2D eigenvalue weighted by Gasteiger charge is -2.35. The van der Waals surface area contributed by atoms with Gasteiger partial charge < -0.3 is 14.8 Å². The number of aryl methyl sites for hydroxylation is 1. The van der Waals surface area contributed by atoms with Crippen molar-refractivity contribution in [2.75, 3.05) is 13.1 Å². The van der Waals surface area contributed by atoms with Crippen molar-refractivity contribution in [3.63, 3.8) is 0 Å². The molecule has 0 radical (unpaired) electrons. The van der Waals surface area contributed by atoms with E-state index < -0.39 is 17.5 Å². The summed E-state index contributed by atoms with van der Waals surface area (Å²) < 4.78 is 13.9. The minimum Gasteiger partial charge on any atom is -0.347 e. The molecule has 7 heteroatoms. The van der Waals surface area contributed by atoms with Crippen LogP contribution in [0.1, 0.15) is 50.2 Å². The van der Waals surface area contributed by atoms with Crippen molar-refractivity contribution in [1.29, 1.82) is 0 Å². The highest BCUT2D eigenvalue weighted by Crippen LogP contribution is 2.53. The van der Waals surface area contributed by atoms with Gasteiger partial charge in [-0.3, -0.25) is 9.59 Å². The third-order valence-electron chi connectivity index (χ3n) is 5.66. The Hall–Kier alpha value is -1.92. The molecule has 0 spiro atoms. The molecule has 1 aromatic heterocycles. The van der Waals surface area contributed by atoms with E-state index in [0.29, 0.717) is 31.8 Å². The van der Waals surface area contributed by atoms with Crippen LogP contribution in [-0.2, 0) is 9.59 Å². The summed E-state index contributed by atoms with van der Waals surface area (Å²) in [6.45, 7) is 4.07. The minimum absolute atomic E-state index is 0.143. The van der Waals surface area contributed by atoms with Gasteiger partial charge in [-0.1, -0.05) is 0 Å². The molecule has 0 bridgehead atoms. The van der Waals surface area contributed by atoms with Crippen molar-refractivity contribution in [3.05, 3.63) is 17.7 Å². The van der Waals surface area contributed by atoms with Gasteiger partial charge in [-0.05, 0) is 45.4 Å². The van der Waals surface area contributed by atoms with Crippen LogP contribution in [0.4, 0.5) is 4.39 Å². The van der Waals surface area contributed by atoms with Gasteiger partial charge in [0.05, 0.1) is 11.7 Å². The van der Waals surface area contributed by atoms with Crippen molar-refractivity contribution in [2.45, 2.75) is 57.3 Å². The topological polar surface area (TPSA) is 69.3 Å². The maximum absolute atomic E-state index is 13.9. The summed E-state index contributed by atoms with van der Waals surface area (Å²) >= 11 is 0. The minimum atomic E-state index is -1.23. The van der Waals surface area contributed by atoms with Crippen molar-refractivity contribution in [3.8, 4) is 0 Å². The Kier molecular flexibility index (Phi) is 3.44. The Morgan fingerprint density at radius 2 is 2.00 bits per heavy atom. The summed E-state index contributed by atoms with van der Waals surface area (Å²) in [5.41, 5.74) is -0.355. The molecule has 2 amide bonds. The molecule has 24 heavy (non-hydrogen) atoms. The molecule has 3 aliphatic rings. The number of H-pyrrole nitrogens is 1. The fraction of sp³-hybridized carbons (Fsp3) is 0.706. The molecular formula is C17H23FN4O2. The van der Waals surface area contributed by atoms with E-state index in [1.807, 2.05) is 13.1 Å². The van der Waals surface area contributed by atoms with Crippen LogP contribution in [0.2, 0.25) is 0 Å². The van der Waals surface area contributed by atoms with E-state index in [1.54, 1.807) is 11.8 Å². The van der Waals surface area contributed by atoms with Gasteiger partial charge in [-0.15, -0.1) is 0 Å². The molecule has 2 saturated heterocycles. The van der Waals surface area contributed by atoms with Gasteiger partial charge in [0, 0.05) is 25.3 Å². The number of carbonyl (C=O) groups is 2. The molecule has 1 aliphatic carbocycles. The fourth-order valence-corrected chi connectivity index (χ4v) is 4.02. The summed E-state index contributed by atoms with van der Waals surface area (Å²) in [6.07, 6.45) is 4.23. The second-order valence-electron chi connectivity index (χ2n) is 7.66. The largest absolute Gasteiger partial charge is 0.347 e. The summed E-state index contributed by atoms with van der Waals surface area (Å²) in [7, 11) is 0. The molecule has 130 valence electrons. The number of aromatic nitrogens is 2. The Labute approximate surface area is 140 Å². The normalized spacial score (nSPS) is 31.0. The number of imidazole rings is 1. The molecule has 6 nitrogen and oxygen atoms in total. The van der Waals surface area contributed by atoms with Crippen LogP contribution in [0.15, 0.2) is 6.20 Å². The van der Waals surface area contributed by atoms with Crippen LogP contribution in [0, 0.1) is 12.8 Å². The highest BCUT2D eigenvalue weighted by molar-refractivity contribution is 6.35. The van der Waals surface area contributed by atoms with E-state index in [0.717, 1.165) is 24.4 Å². The van der Waals surface area contributed by atoms with E-state index in [9.17, 15) is 14.0 Å². The Bertz CT molecular complexity index is 676. The first-order valence-corrected chi connectivity index (χ1v) is 8.68. The number of fused-ring (bicyclic) bond motifs is 1. The third kappa shape index (κ3) is 2.59. The van der Waals surface area contributed by atoms with Gasteiger partial charge >= 0.3 is 11.8 Å². The first-order chi connectivity index (χ1) is 11.4. The Balaban J connectivity index is 1.49. The van der Waals surface area contributed by atoms with Gasteiger partial charge in [-0.25, -0.2) is 9.37 Å². The van der Waals surface area contributed by atoms with Gasteiger partial charge in [0.15, 0.2) is 0 Å². The van der Waals surface area contributed by atoms with Gasteiger partial charge in [0.25, 0.3) is 0 Å². The number of rotatable bonds is 1. The number of hydrogen-bond donors (Lipinski definition) is 1. The molecule has 4 rings (SSSR count). The molecule has 1 saturated carbocycles. The lowest BCUT2D eigenvalue weighted by atomic mass is 9.95. The molecule has 1 aromatic rings. The predicted octanol–water partition coefficient (Wildman–Crippen LogP) is 1.73. The number of hydrogen-bond acceptors (Lipinski definition) is 3. The van der Waals surface area contributed by atoms with E-state index in [1.165, 1.54) is 4.90 Å². The van der Waals surface area contributed by atoms with Crippen molar-refractivity contribution < 1.29 is 14.0 Å². The molecular weight excluding hydrogens is 311 g/mol. The average Bonchev–Trinajstić information content (AvgIpc) is 2.99. The number of nitrogens with one attached hydrogen (secondary N) is 1. The molecule has 2 unspecified atom stereocenters. The fourth-order valence-electron chi connectivity index (χ4n) is 4.02. The number of nitrogens with zero attached hydrogens (tertiary/aromatic N) is 3. The third-order valence-corrected chi connectivity index (χ3v) is 5.66. The molecule has 3 fully saturated rings. The number of aromatic amines is 1. The average molecular weight is 334 g/mol. The van der Waals surface area contributed by atoms with Crippen molar-refractivity contribution >= 4 is 11.8 Å². The van der Waals surface area contributed by atoms with Crippen molar-refractivity contribution in [2.24, 2.45) is 5.92 Å². The summed E-state index contributed by atoms with van der Waals surface area (Å²) in [4.78, 5) is 36.2. The first kappa shape index (κ1) is 15.6. The van der Waals surface area contributed by atoms with Crippen LogP contribution < -0.4 is 0 Å². The lowest BCUT2D eigenvalue weighted by molar-refractivity contribution is -0.154. The molecule has 3 heterocycles. The van der Waals surface area contributed by atoms with Gasteiger partial charge in [-0.2, -0.15) is 0 Å². The van der Waals surface area contributed by atoms with Crippen LogP contribution in [-0.4, -0.2) is 56.4 Å². The Morgan fingerprint density at radius 1 is 1.29 bits per heavy atom. The lowest BCUT2D eigenvalue weighted by Crippen LogP contribution is -2.50. The highest BCUT2D eigenvalue weighted by atomic mass is 19.1. The predicted molar refractivity (Wildman–Crippen MR) is 84.8 cm³/mol. The number of likely N-dealkylation sites (tertiary alicyclic amines) is 2. The standard InChI is InChI=1S/C17H23FN4O2/c1-10-9-19-14(20-10)13-8-11-7-12(11)22(13)16(24)15(23)21-5-3-17(2,18)4-6-21/h9,11-13H,3-8H2,1-2H3,(H,19,20)/t11?,12-,13?/m0/s1. The molecule has 0 aromatic carbocycles. The summed E-state index contributed by atoms with van der Waals surface area (Å²) in [5.74, 6) is 0.288. The second kappa shape index (κ2) is 5.29. The number of amides is 2. The van der Waals surface area contributed by atoms with E-state index in [4.69, 9.17) is 0 Å². The van der Waals surface area contributed by atoms with Gasteiger partial charge in [0.2, 0.25) is 0 Å². The zero-order chi connectivity index (χ0) is 17.1. The smallest absolute Gasteiger partial charge is 0.312 e. The first-order valence-electron chi connectivity index (χ1n) is 8.68. The summed E-state index contributed by atoms with van der Waals surface area (Å²) in [6, 6.07) is 0.0169. The maximum atomic E-state index is 13.9. The molecule has 3 atom stereocenters. The van der Waals surface area contributed by atoms with E-state index >= 15 is 0 Å². The number of alkyl halides is 1. The van der Waals surface area contributed by atoms with Crippen LogP contribution in [0.3, 0.4) is 0 Å². The number of piperidine rings is 2. The summed E-state index contributed by atoms with van der Waals surface area (Å²) in [5, 5.41) is 0. The second-order valence-corrected chi connectivity index (χ2v) is 7.66. The SMILES string of the molecule is Cc1c[nH]c(C2CC3C[C@@H]3N2C(=O)C(=O)N2CCC(C)(F)CC2)n1. The zero-order valence-electron chi connectivity index (χ0n) is 14.1. The van der Waals surface area contributed by atoms with Crippen LogP contribution >= 0.6 is 0 Å². The Morgan fingerprint density at radius 3 is 2.62 bits per heavy atom. The number of carbonyl (C=O) groups excluding carboxylic acids is 2. The monoisotopic (exact) mass is 334 g/mol. The van der Waals surface area contributed by atoms with Crippen molar-refractivity contribution in [1.82, 2.24) is 19.8 Å². The maximum Gasteiger partial charge on any atom is 0.312 e. The molecule has 2 aliphatic heterocycles. The van der Waals surface area contributed by atoms with Crippen LogP contribution in [0.25, 0.3) is 0 Å². The highest BCUT2D eigenvalue weighted by Gasteiger charge is 2.56. The quantitative estimate of drug-likeness (QED) is 0.795. The van der Waals surface area contributed by atoms with E-state index in [2.05, 4.69) is 9.97 Å². The van der Waals surface area contributed by atoms with Gasteiger partial charge in [0.1, 0.15) is 11.5 Å². The zero-order valence-corrected chi connectivity index (χ0v) is 14.1. The van der Waals surface area contributed by atoms with E-state index in [-0.39, 0.29) is 12.1 Å². The molecule has 1 N–H and O–H groups in total.